The van der Waals surface area contributed by atoms with Gasteiger partial charge in [-0.05, 0) is 34.6 Å². The van der Waals surface area contributed by atoms with Crippen molar-refractivity contribution in [1.82, 2.24) is 15.5 Å². The molecule has 0 amide bonds. The van der Waals surface area contributed by atoms with Gasteiger partial charge in [-0.1, -0.05) is 5.16 Å². The Bertz CT molecular complexity index is 513. The number of hydrogen-bond donors (Lipinski definition) is 1. The molecule has 2 unspecified atom stereocenters. The van der Waals surface area contributed by atoms with Crippen LogP contribution in [0.1, 0.15) is 53.7 Å². The maximum atomic E-state index is 5.20. The van der Waals surface area contributed by atoms with E-state index in [4.69, 9.17) is 4.52 Å². The zero-order valence-electron chi connectivity index (χ0n) is 11.4. The van der Waals surface area contributed by atoms with Gasteiger partial charge in [0.2, 0.25) is 0 Å². The van der Waals surface area contributed by atoms with Crippen LogP contribution in [0.3, 0.4) is 0 Å². The first-order chi connectivity index (χ1) is 8.49. The Kier molecular flexibility index (Phi) is 3.82. The van der Waals surface area contributed by atoms with Crippen LogP contribution >= 0.6 is 11.3 Å². The average Bonchev–Trinajstić information content (AvgIpc) is 2.85. The van der Waals surface area contributed by atoms with Crippen molar-refractivity contribution in [2.75, 3.05) is 0 Å². The van der Waals surface area contributed by atoms with Crippen molar-refractivity contribution >= 4 is 11.3 Å². The van der Waals surface area contributed by atoms with Crippen LogP contribution in [0.2, 0.25) is 0 Å². The molecule has 0 aliphatic carbocycles. The van der Waals surface area contributed by atoms with Crippen molar-refractivity contribution in [3.63, 3.8) is 0 Å². The third kappa shape index (κ3) is 2.62. The molecule has 2 rings (SSSR count). The Morgan fingerprint density at radius 1 is 1.22 bits per heavy atom. The molecule has 4 nitrogen and oxygen atoms in total. The zero-order valence-corrected chi connectivity index (χ0v) is 12.3. The zero-order chi connectivity index (χ0) is 13.3. The second kappa shape index (κ2) is 5.20. The van der Waals surface area contributed by atoms with Gasteiger partial charge in [-0.25, -0.2) is 4.98 Å². The first kappa shape index (κ1) is 13.2. The van der Waals surface area contributed by atoms with Gasteiger partial charge in [0.05, 0.1) is 16.4 Å². The molecule has 0 aliphatic heterocycles. The van der Waals surface area contributed by atoms with E-state index in [0.717, 1.165) is 27.7 Å². The standard InChI is InChI=1S/C13H19N3OS/c1-7(12-6-18-11(5)15-12)14-8(2)13-9(3)16-17-10(13)4/h6-8,14H,1-5H3. The minimum absolute atomic E-state index is 0.202. The highest BCUT2D eigenvalue weighted by Crippen LogP contribution is 2.24. The molecule has 0 saturated heterocycles. The second-order valence-electron chi connectivity index (χ2n) is 4.64. The predicted octanol–water partition coefficient (Wildman–Crippen LogP) is 3.47. The van der Waals surface area contributed by atoms with E-state index in [1.807, 2.05) is 20.8 Å². The molecule has 0 spiro atoms. The summed E-state index contributed by atoms with van der Waals surface area (Å²) in [5, 5.41) is 10.7. The number of thiazole rings is 1. The number of nitrogens with zero attached hydrogens (tertiary/aromatic N) is 2. The number of rotatable bonds is 4. The van der Waals surface area contributed by atoms with Gasteiger partial charge in [0.15, 0.2) is 0 Å². The molecule has 0 fully saturated rings. The fourth-order valence-electron chi connectivity index (χ4n) is 2.23. The minimum Gasteiger partial charge on any atom is -0.361 e. The van der Waals surface area contributed by atoms with E-state index in [9.17, 15) is 0 Å². The van der Waals surface area contributed by atoms with Crippen LogP contribution in [-0.4, -0.2) is 10.1 Å². The van der Waals surface area contributed by atoms with Gasteiger partial charge < -0.3 is 9.84 Å². The highest BCUT2D eigenvalue weighted by atomic mass is 32.1. The van der Waals surface area contributed by atoms with Crippen LogP contribution < -0.4 is 5.32 Å². The van der Waals surface area contributed by atoms with E-state index in [-0.39, 0.29) is 12.1 Å². The van der Waals surface area contributed by atoms with E-state index in [0.29, 0.717) is 0 Å². The maximum absolute atomic E-state index is 5.20. The Morgan fingerprint density at radius 2 is 1.94 bits per heavy atom. The third-order valence-electron chi connectivity index (χ3n) is 3.10. The predicted molar refractivity (Wildman–Crippen MR) is 72.8 cm³/mol. The summed E-state index contributed by atoms with van der Waals surface area (Å²) < 4.78 is 5.20. The van der Waals surface area contributed by atoms with Crippen molar-refractivity contribution in [3.8, 4) is 0 Å². The van der Waals surface area contributed by atoms with Gasteiger partial charge in [0, 0.05) is 23.0 Å². The summed E-state index contributed by atoms with van der Waals surface area (Å²) >= 11 is 1.68. The molecule has 2 atom stereocenters. The third-order valence-corrected chi connectivity index (χ3v) is 3.89. The highest BCUT2D eigenvalue weighted by molar-refractivity contribution is 7.09. The lowest BCUT2D eigenvalue weighted by Crippen LogP contribution is -2.23. The summed E-state index contributed by atoms with van der Waals surface area (Å²) in [5.74, 6) is 0.883. The summed E-state index contributed by atoms with van der Waals surface area (Å²) in [5.41, 5.74) is 3.19. The molecule has 2 aromatic heterocycles. The Balaban J connectivity index is 2.10. The number of hydrogen-bond acceptors (Lipinski definition) is 5. The fourth-order valence-corrected chi connectivity index (χ4v) is 2.94. The molecule has 98 valence electrons. The molecule has 1 N–H and O–H groups in total. The van der Waals surface area contributed by atoms with Crippen LogP contribution in [-0.2, 0) is 0 Å². The van der Waals surface area contributed by atoms with Crippen LogP contribution in [0.25, 0.3) is 0 Å². The summed E-state index contributed by atoms with van der Waals surface area (Å²) in [4.78, 5) is 4.51. The van der Waals surface area contributed by atoms with Gasteiger partial charge in [-0.15, -0.1) is 11.3 Å². The minimum atomic E-state index is 0.202. The summed E-state index contributed by atoms with van der Waals surface area (Å²) in [6.45, 7) is 10.2. The van der Waals surface area contributed by atoms with E-state index < -0.39 is 0 Å². The van der Waals surface area contributed by atoms with Crippen molar-refractivity contribution in [2.24, 2.45) is 0 Å². The molecular weight excluding hydrogens is 246 g/mol. The molecular formula is C13H19N3OS. The molecule has 2 heterocycles. The Morgan fingerprint density at radius 3 is 2.44 bits per heavy atom. The van der Waals surface area contributed by atoms with Crippen LogP contribution in [0.4, 0.5) is 0 Å². The summed E-state index contributed by atoms with van der Waals surface area (Å²) in [6, 6.07) is 0.423. The number of aromatic nitrogens is 2. The molecule has 5 heteroatoms. The topological polar surface area (TPSA) is 51.0 Å². The van der Waals surface area contributed by atoms with Crippen molar-refractivity contribution in [2.45, 2.75) is 46.7 Å². The molecule has 0 aliphatic rings. The molecule has 0 radical (unpaired) electrons. The van der Waals surface area contributed by atoms with Gasteiger partial charge in [0.1, 0.15) is 5.76 Å². The molecule has 2 aromatic rings. The monoisotopic (exact) mass is 265 g/mol. The normalized spacial score (nSPS) is 14.7. The van der Waals surface area contributed by atoms with Gasteiger partial charge >= 0.3 is 0 Å². The molecule has 18 heavy (non-hydrogen) atoms. The Hall–Kier alpha value is -1.20. The largest absolute Gasteiger partial charge is 0.361 e. The fraction of sp³-hybridized carbons (Fsp3) is 0.538. The second-order valence-corrected chi connectivity index (χ2v) is 5.70. The van der Waals surface area contributed by atoms with Gasteiger partial charge in [0.25, 0.3) is 0 Å². The lowest BCUT2D eigenvalue weighted by atomic mass is 10.1. The number of aryl methyl sites for hydroxylation is 3. The lowest BCUT2D eigenvalue weighted by molar-refractivity contribution is 0.389. The number of nitrogens with one attached hydrogen (secondary N) is 1. The van der Waals surface area contributed by atoms with Crippen molar-refractivity contribution < 1.29 is 4.52 Å². The highest BCUT2D eigenvalue weighted by Gasteiger charge is 2.19. The van der Waals surface area contributed by atoms with Crippen molar-refractivity contribution in [3.05, 3.63) is 33.1 Å². The molecule has 0 saturated carbocycles. The van der Waals surface area contributed by atoms with Gasteiger partial charge in [-0.2, -0.15) is 0 Å². The smallest absolute Gasteiger partial charge is 0.138 e. The molecule has 0 aromatic carbocycles. The molecule has 0 bridgehead atoms. The lowest BCUT2D eigenvalue weighted by Gasteiger charge is -2.18. The average molecular weight is 265 g/mol. The van der Waals surface area contributed by atoms with E-state index in [2.05, 4.69) is 34.7 Å². The van der Waals surface area contributed by atoms with E-state index in [1.54, 1.807) is 11.3 Å². The van der Waals surface area contributed by atoms with Gasteiger partial charge in [-0.3, -0.25) is 0 Å². The van der Waals surface area contributed by atoms with E-state index in [1.165, 1.54) is 0 Å². The van der Waals surface area contributed by atoms with Crippen LogP contribution in [0, 0.1) is 20.8 Å². The van der Waals surface area contributed by atoms with E-state index >= 15 is 0 Å². The maximum Gasteiger partial charge on any atom is 0.138 e. The Labute approximate surface area is 111 Å². The first-order valence-corrected chi connectivity index (χ1v) is 6.98. The SMILES string of the molecule is Cc1nc(C(C)NC(C)c2c(C)noc2C)cs1. The van der Waals surface area contributed by atoms with Crippen molar-refractivity contribution in [1.29, 1.82) is 0 Å². The quantitative estimate of drug-likeness (QED) is 0.919. The van der Waals surface area contributed by atoms with Crippen LogP contribution in [0.15, 0.2) is 9.90 Å². The summed E-state index contributed by atoms with van der Waals surface area (Å²) in [7, 11) is 0. The summed E-state index contributed by atoms with van der Waals surface area (Å²) in [6.07, 6.45) is 0. The van der Waals surface area contributed by atoms with Crippen LogP contribution in [0.5, 0.6) is 0 Å². The first-order valence-electron chi connectivity index (χ1n) is 6.10.